The number of carbonyl (C=O) groups excluding carboxylic acids is 1. The summed E-state index contributed by atoms with van der Waals surface area (Å²) in [4.78, 5) is 13.8. The first-order valence-corrected chi connectivity index (χ1v) is 6.54. The van der Waals surface area contributed by atoms with E-state index in [2.05, 4.69) is 41.9 Å². The molecule has 0 radical (unpaired) electrons. The van der Waals surface area contributed by atoms with Gasteiger partial charge in [0.25, 0.3) is 0 Å². The molecule has 1 saturated heterocycles. The van der Waals surface area contributed by atoms with E-state index in [-0.39, 0.29) is 5.91 Å². The molecule has 1 aliphatic heterocycles. The number of anilines is 1. The fraction of sp³-hybridized carbons (Fsp3) is 0.462. The molecular weight excluding hydrogens is 266 g/mol. The van der Waals surface area contributed by atoms with E-state index in [1.807, 2.05) is 17.0 Å². The maximum atomic E-state index is 11.7. The molecule has 0 saturated carbocycles. The first kappa shape index (κ1) is 11.6. The van der Waals surface area contributed by atoms with Crippen LogP contribution in [0.25, 0.3) is 0 Å². The molecule has 2 nitrogen and oxygen atoms in total. The molecule has 1 atom stereocenters. The van der Waals surface area contributed by atoms with Crippen molar-refractivity contribution in [2.45, 2.75) is 31.0 Å². The zero-order valence-electron chi connectivity index (χ0n) is 9.61. The molecule has 0 spiro atoms. The third-order valence-electron chi connectivity index (χ3n) is 2.95. The van der Waals surface area contributed by atoms with E-state index in [0.29, 0.717) is 17.2 Å². The van der Waals surface area contributed by atoms with Gasteiger partial charge in [0, 0.05) is 23.5 Å². The second-order valence-corrected chi connectivity index (χ2v) is 5.85. The lowest BCUT2D eigenvalue weighted by molar-refractivity contribution is -0.117. The summed E-state index contributed by atoms with van der Waals surface area (Å²) in [5.74, 6) is 0.742. The van der Waals surface area contributed by atoms with Gasteiger partial charge in [0.1, 0.15) is 0 Å². The van der Waals surface area contributed by atoms with Gasteiger partial charge in [-0.25, -0.2) is 0 Å². The number of benzene rings is 1. The molecule has 86 valence electrons. The molecule has 1 aromatic rings. The smallest absolute Gasteiger partial charge is 0.228 e. The summed E-state index contributed by atoms with van der Waals surface area (Å²) >= 11 is 3.49. The molecule has 0 aliphatic carbocycles. The van der Waals surface area contributed by atoms with Crippen LogP contribution in [0.3, 0.4) is 0 Å². The third-order valence-corrected chi connectivity index (χ3v) is 3.56. The van der Waals surface area contributed by atoms with Crippen molar-refractivity contribution < 1.29 is 4.79 Å². The van der Waals surface area contributed by atoms with Gasteiger partial charge < -0.3 is 4.90 Å². The van der Waals surface area contributed by atoms with Gasteiger partial charge in [-0.2, -0.15) is 0 Å². The molecule has 1 amide bonds. The van der Waals surface area contributed by atoms with Gasteiger partial charge in [-0.3, -0.25) is 4.79 Å². The van der Waals surface area contributed by atoms with Crippen molar-refractivity contribution in [3.05, 3.63) is 29.8 Å². The standard InChI is InChI=1S/C13H16BrNO/c1-9(2)10-3-5-12(6-4-10)15-8-11(14)7-13(15)16/h3-6,9,11H,7-8H2,1-2H3. The summed E-state index contributed by atoms with van der Waals surface area (Å²) < 4.78 is 0. The normalized spacial score (nSPS) is 20.9. The van der Waals surface area contributed by atoms with Crippen molar-refractivity contribution in [1.82, 2.24) is 0 Å². The van der Waals surface area contributed by atoms with Crippen LogP contribution in [-0.4, -0.2) is 17.3 Å². The van der Waals surface area contributed by atoms with Gasteiger partial charge in [0.15, 0.2) is 0 Å². The maximum absolute atomic E-state index is 11.7. The maximum Gasteiger partial charge on any atom is 0.228 e. The molecule has 3 heteroatoms. The Balaban J connectivity index is 2.19. The number of amides is 1. The Labute approximate surface area is 105 Å². The highest BCUT2D eigenvalue weighted by molar-refractivity contribution is 9.09. The van der Waals surface area contributed by atoms with Crippen molar-refractivity contribution in [2.24, 2.45) is 0 Å². The molecule has 1 aromatic carbocycles. The Hall–Kier alpha value is -0.830. The van der Waals surface area contributed by atoms with Gasteiger partial charge in [0.05, 0.1) is 0 Å². The number of hydrogen-bond donors (Lipinski definition) is 0. The Morgan fingerprint density at radius 2 is 1.94 bits per heavy atom. The van der Waals surface area contributed by atoms with Gasteiger partial charge >= 0.3 is 0 Å². The zero-order valence-corrected chi connectivity index (χ0v) is 11.2. The minimum Gasteiger partial charge on any atom is -0.311 e. The SMILES string of the molecule is CC(C)c1ccc(N2CC(Br)CC2=O)cc1. The van der Waals surface area contributed by atoms with Crippen LogP contribution in [0.5, 0.6) is 0 Å². The van der Waals surface area contributed by atoms with Crippen LogP contribution in [0.15, 0.2) is 24.3 Å². The molecule has 1 heterocycles. The molecule has 1 unspecified atom stereocenters. The zero-order chi connectivity index (χ0) is 11.7. The monoisotopic (exact) mass is 281 g/mol. The predicted octanol–water partition coefficient (Wildman–Crippen LogP) is 3.31. The third kappa shape index (κ3) is 2.29. The number of nitrogens with zero attached hydrogens (tertiary/aromatic N) is 1. The lowest BCUT2D eigenvalue weighted by Crippen LogP contribution is -2.24. The van der Waals surface area contributed by atoms with Crippen LogP contribution in [0.1, 0.15) is 31.7 Å². The number of alkyl halides is 1. The molecule has 0 aromatic heterocycles. The largest absolute Gasteiger partial charge is 0.311 e. The summed E-state index contributed by atoms with van der Waals surface area (Å²) in [6.07, 6.45) is 0.603. The van der Waals surface area contributed by atoms with E-state index in [1.54, 1.807) is 0 Å². The van der Waals surface area contributed by atoms with Crippen molar-refractivity contribution in [2.75, 3.05) is 11.4 Å². The highest BCUT2D eigenvalue weighted by Gasteiger charge is 2.28. The van der Waals surface area contributed by atoms with E-state index >= 15 is 0 Å². The van der Waals surface area contributed by atoms with Crippen molar-refractivity contribution in [1.29, 1.82) is 0 Å². The van der Waals surface area contributed by atoms with E-state index in [4.69, 9.17) is 0 Å². The summed E-state index contributed by atoms with van der Waals surface area (Å²) in [7, 11) is 0. The summed E-state index contributed by atoms with van der Waals surface area (Å²) in [6.45, 7) is 5.12. The van der Waals surface area contributed by atoms with E-state index in [0.717, 1.165) is 12.2 Å². The summed E-state index contributed by atoms with van der Waals surface area (Å²) in [6, 6.07) is 8.29. The highest BCUT2D eigenvalue weighted by Crippen LogP contribution is 2.26. The van der Waals surface area contributed by atoms with Crippen LogP contribution >= 0.6 is 15.9 Å². The topological polar surface area (TPSA) is 20.3 Å². The molecule has 0 N–H and O–H groups in total. The van der Waals surface area contributed by atoms with E-state index in [1.165, 1.54) is 5.56 Å². The second kappa shape index (κ2) is 4.58. The van der Waals surface area contributed by atoms with Crippen molar-refractivity contribution >= 4 is 27.5 Å². The van der Waals surface area contributed by atoms with Crippen LogP contribution < -0.4 is 4.90 Å². The molecular formula is C13H16BrNO. The second-order valence-electron chi connectivity index (χ2n) is 4.55. The molecule has 1 aliphatic rings. The molecule has 0 bridgehead atoms. The van der Waals surface area contributed by atoms with Gasteiger partial charge in [0.2, 0.25) is 5.91 Å². The fourth-order valence-electron chi connectivity index (χ4n) is 1.95. The number of halogens is 1. The van der Waals surface area contributed by atoms with Gasteiger partial charge in [-0.05, 0) is 23.6 Å². The number of hydrogen-bond acceptors (Lipinski definition) is 1. The Bertz CT molecular complexity index is 385. The van der Waals surface area contributed by atoms with Crippen molar-refractivity contribution in [3.8, 4) is 0 Å². The first-order chi connectivity index (χ1) is 7.58. The van der Waals surface area contributed by atoms with Gasteiger partial charge in [-0.15, -0.1) is 0 Å². The summed E-state index contributed by atoms with van der Waals surface area (Å²) in [5, 5.41) is 0. The minimum atomic E-state index is 0.208. The van der Waals surface area contributed by atoms with Crippen LogP contribution in [0, 0.1) is 0 Å². The number of rotatable bonds is 2. The van der Waals surface area contributed by atoms with Crippen LogP contribution in [-0.2, 0) is 4.79 Å². The Kier molecular flexibility index (Phi) is 3.33. The van der Waals surface area contributed by atoms with Crippen LogP contribution in [0.2, 0.25) is 0 Å². The Morgan fingerprint density at radius 3 is 2.38 bits per heavy atom. The highest BCUT2D eigenvalue weighted by atomic mass is 79.9. The lowest BCUT2D eigenvalue weighted by Gasteiger charge is -2.16. The van der Waals surface area contributed by atoms with Gasteiger partial charge in [-0.1, -0.05) is 41.9 Å². The predicted molar refractivity (Wildman–Crippen MR) is 70.2 cm³/mol. The van der Waals surface area contributed by atoms with Crippen LogP contribution in [0.4, 0.5) is 5.69 Å². The minimum absolute atomic E-state index is 0.208. The van der Waals surface area contributed by atoms with Crippen molar-refractivity contribution in [3.63, 3.8) is 0 Å². The van der Waals surface area contributed by atoms with E-state index in [9.17, 15) is 4.79 Å². The molecule has 16 heavy (non-hydrogen) atoms. The van der Waals surface area contributed by atoms with E-state index < -0.39 is 0 Å². The first-order valence-electron chi connectivity index (χ1n) is 5.62. The Morgan fingerprint density at radius 1 is 1.31 bits per heavy atom. The average molecular weight is 282 g/mol. The lowest BCUT2D eigenvalue weighted by atomic mass is 10.0. The molecule has 2 rings (SSSR count). The average Bonchev–Trinajstić information content (AvgIpc) is 2.58. The molecule has 1 fully saturated rings. The fourth-order valence-corrected chi connectivity index (χ4v) is 2.52. The summed E-state index contributed by atoms with van der Waals surface area (Å²) in [5.41, 5.74) is 2.32. The number of carbonyl (C=O) groups is 1. The quantitative estimate of drug-likeness (QED) is 0.762.